The van der Waals surface area contributed by atoms with E-state index in [9.17, 15) is 24.3 Å². The van der Waals surface area contributed by atoms with Gasteiger partial charge in [-0.3, -0.25) is 0 Å². The van der Waals surface area contributed by atoms with Gasteiger partial charge in [-0.05, 0) is 13.8 Å². The van der Waals surface area contributed by atoms with Gasteiger partial charge in [0.05, 0.1) is 6.08 Å². The average Bonchev–Trinajstić information content (AvgIpc) is 2.60. The molecule has 2 aliphatic rings. The second-order valence-electron chi connectivity index (χ2n) is 7.31. The molecule has 11 nitrogen and oxygen atoms in total. The molecule has 2 radical (unpaired) electrons. The molecule has 202 valence electrons. The van der Waals surface area contributed by atoms with Crippen molar-refractivity contribution in [2.45, 2.75) is 53.1 Å². The van der Waals surface area contributed by atoms with Crippen molar-refractivity contribution in [2.75, 3.05) is 27.4 Å². The third kappa shape index (κ3) is 17.4. The summed E-state index contributed by atoms with van der Waals surface area (Å²) < 4.78 is 29.1. The Morgan fingerprint density at radius 3 is 1.69 bits per heavy atom. The van der Waals surface area contributed by atoms with Gasteiger partial charge < -0.3 is 45.7 Å². The average molecular weight is 501 g/mol. The van der Waals surface area contributed by atoms with Crippen LogP contribution in [0.15, 0.2) is 23.2 Å². The number of aliphatic hydroxyl groups is 1. The number of rotatable bonds is 4. The van der Waals surface area contributed by atoms with E-state index in [1.54, 1.807) is 13.8 Å². The molecule has 1 fully saturated rings. The molecular formula is C21H40B3O11-3. The first kappa shape index (κ1) is 39.5. The number of carbonyl (C=O) groups is 4. The first-order valence-corrected chi connectivity index (χ1v) is 9.10. The number of ether oxygens (including phenoxy) is 6. The number of carbonyl (C=O) groups excluding carboxylic acids is 4. The molecule has 0 aromatic heterocycles. The van der Waals surface area contributed by atoms with Crippen molar-refractivity contribution in [2.24, 2.45) is 0 Å². The molecule has 0 atom stereocenters. The topological polar surface area (TPSA) is 144 Å². The van der Waals surface area contributed by atoms with E-state index in [4.69, 9.17) is 31.4 Å². The first-order valence-electron chi connectivity index (χ1n) is 9.10. The molecule has 14 heteroatoms. The summed E-state index contributed by atoms with van der Waals surface area (Å²) in [5.74, 6) is -4.22. The third-order valence-corrected chi connectivity index (χ3v) is 2.94. The minimum absolute atomic E-state index is 0. The molecule has 2 heterocycles. The Kier molecular flexibility index (Phi) is 21.0. The molecule has 1 N–H and O–H groups in total. The predicted octanol–water partition coefficient (Wildman–Crippen LogP) is -0.864. The Bertz CT molecular complexity index is 734. The molecule has 0 aliphatic carbocycles. The van der Waals surface area contributed by atoms with Crippen molar-refractivity contribution in [1.29, 1.82) is 0 Å². The SMILES string of the molecule is CC(C)=O.COCC(O)=C1C(=O)OC(C)(C)OC1=O.COCC1=CC(=O)OC(C)(C)O1.[BH4-].[B][BH3-].[CH3-]. The minimum atomic E-state index is -1.30. The molecule has 0 aromatic carbocycles. The summed E-state index contributed by atoms with van der Waals surface area (Å²) in [4.78, 5) is 43.1. The van der Waals surface area contributed by atoms with Gasteiger partial charge in [0.2, 0.25) is 5.79 Å². The largest absolute Gasteiger partial charge is 0.509 e. The molecule has 0 spiro atoms. The summed E-state index contributed by atoms with van der Waals surface area (Å²) in [6.07, 6.45) is 1.29. The quantitative estimate of drug-likeness (QED) is 0.128. The van der Waals surface area contributed by atoms with Crippen molar-refractivity contribution in [3.63, 3.8) is 0 Å². The van der Waals surface area contributed by atoms with Crippen LogP contribution in [0.5, 0.6) is 0 Å². The van der Waals surface area contributed by atoms with Gasteiger partial charge in [-0.25, -0.2) is 14.4 Å². The van der Waals surface area contributed by atoms with Crippen LogP contribution >= 0.6 is 0 Å². The summed E-state index contributed by atoms with van der Waals surface area (Å²) in [6, 6.07) is 0. The maximum atomic E-state index is 11.3. The van der Waals surface area contributed by atoms with Crippen molar-refractivity contribution < 1.29 is 52.7 Å². The van der Waals surface area contributed by atoms with Crippen LogP contribution in [0.1, 0.15) is 41.5 Å². The van der Waals surface area contributed by atoms with E-state index in [-0.39, 0.29) is 36.0 Å². The lowest BCUT2D eigenvalue weighted by molar-refractivity contribution is -0.223. The lowest BCUT2D eigenvalue weighted by atomic mass is 9.81. The van der Waals surface area contributed by atoms with Crippen LogP contribution in [-0.2, 0) is 47.6 Å². The minimum Gasteiger partial charge on any atom is -0.509 e. The summed E-state index contributed by atoms with van der Waals surface area (Å²) in [5, 5.41) is 9.34. The van der Waals surface area contributed by atoms with Gasteiger partial charge in [-0.15, -0.1) is 0 Å². The fraction of sp³-hybridized carbons (Fsp3) is 0.571. The van der Waals surface area contributed by atoms with Gasteiger partial charge in [0.15, 0.2) is 5.57 Å². The van der Waals surface area contributed by atoms with E-state index in [1.807, 2.05) is 0 Å². The highest BCUT2D eigenvalue weighted by Crippen LogP contribution is 2.24. The van der Waals surface area contributed by atoms with Gasteiger partial charge in [0, 0.05) is 41.9 Å². The molecule has 0 bridgehead atoms. The van der Waals surface area contributed by atoms with Gasteiger partial charge in [0.25, 0.3) is 5.79 Å². The van der Waals surface area contributed by atoms with Crippen molar-refractivity contribution in [1.82, 2.24) is 0 Å². The van der Waals surface area contributed by atoms with E-state index in [2.05, 4.69) is 4.74 Å². The number of Topliss-reactive ketones (excluding diaryl/α,β-unsaturated/α-hetero) is 1. The van der Waals surface area contributed by atoms with E-state index in [1.165, 1.54) is 48.0 Å². The highest BCUT2D eigenvalue weighted by Gasteiger charge is 2.41. The van der Waals surface area contributed by atoms with E-state index >= 15 is 0 Å². The highest BCUT2D eigenvalue weighted by molar-refractivity contribution is 6.75. The molecule has 1 saturated heterocycles. The fourth-order valence-corrected chi connectivity index (χ4v) is 2.08. The maximum Gasteiger partial charge on any atom is 0.352 e. The monoisotopic (exact) mass is 501 g/mol. The normalized spacial score (nSPS) is 16.4. The molecule has 2 aliphatic heterocycles. The predicted molar refractivity (Wildman–Crippen MR) is 139 cm³/mol. The maximum absolute atomic E-state index is 11.3. The molecule has 0 amide bonds. The van der Waals surface area contributed by atoms with Crippen molar-refractivity contribution in [3.8, 4) is 0 Å². The van der Waals surface area contributed by atoms with Crippen LogP contribution < -0.4 is 0 Å². The van der Waals surface area contributed by atoms with Crippen LogP contribution in [0.25, 0.3) is 0 Å². The standard InChI is InChI=1S/C9H12O6.C8H12O4.C3H6O.CH3.B2H3.BH4/c1-9(2)14-7(11)6(8(12)15-9)5(10)4-13-3;1-8(2)11-6(5-10-3)4-7(9)12-8;1-3(2)4;;1-2;/h10H,4H2,1-3H3;4H,5H2,1-3H3;1-2H3;1H3;1H3;1H4/q;;;3*-1. The number of esters is 3. The lowest BCUT2D eigenvalue weighted by Crippen LogP contribution is -2.42. The van der Waals surface area contributed by atoms with E-state index in [0.29, 0.717) is 12.4 Å². The van der Waals surface area contributed by atoms with Gasteiger partial charge >= 0.3 is 17.9 Å². The van der Waals surface area contributed by atoms with Crippen molar-refractivity contribution >= 4 is 47.6 Å². The Balaban J connectivity index is -0.000000217. The van der Waals surface area contributed by atoms with Crippen LogP contribution in [0.3, 0.4) is 0 Å². The zero-order valence-corrected chi connectivity index (χ0v) is 20.6. The molecule has 0 saturated carbocycles. The van der Waals surface area contributed by atoms with Gasteiger partial charge in [-0.2, -0.15) is 7.74 Å². The first-order chi connectivity index (χ1) is 15.1. The summed E-state index contributed by atoms with van der Waals surface area (Å²) in [6.45, 7) is 9.29. The summed E-state index contributed by atoms with van der Waals surface area (Å²) in [7, 11) is 7.86. The molecule has 2 rings (SSSR count). The number of methoxy groups -OCH3 is 2. The second-order valence-corrected chi connectivity index (χ2v) is 7.31. The molecule has 0 unspecified atom stereocenters. The zero-order chi connectivity index (χ0) is 26.4. The Morgan fingerprint density at radius 2 is 1.34 bits per heavy atom. The smallest absolute Gasteiger partial charge is 0.352 e. The third-order valence-electron chi connectivity index (χ3n) is 2.94. The molecular weight excluding hydrogens is 461 g/mol. The van der Waals surface area contributed by atoms with Gasteiger partial charge in [-0.1, -0.05) is 16.2 Å². The van der Waals surface area contributed by atoms with Crippen LogP contribution in [-0.4, -0.2) is 91.7 Å². The van der Waals surface area contributed by atoms with E-state index in [0.717, 1.165) is 0 Å². The zero-order valence-electron chi connectivity index (χ0n) is 20.6. The number of cyclic esters (lactones) is 3. The fourth-order valence-electron chi connectivity index (χ4n) is 2.08. The van der Waals surface area contributed by atoms with Crippen LogP contribution in [0.2, 0.25) is 0 Å². The van der Waals surface area contributed by atoms with Gasteiger partial charge in [0.1, 0.15) is 30.5 Å². The van der Waals surface area contributed by atoms with Crippen LogP contribution in [0, 0.1) is 7.43 Å². The number of aliphatic hydroxyl groups excluding tert-OH is 1. The van der Waals surface area contributed by atoms with Crippen LogP contribution in [0.4, 0.5) is 0 Å². The Labute approximate surface area is 211 Å². The second kappa shape index (κ2) is 18.6. The van der Waals surface area contributed by atoms with Crippen molar-refractivity contribution in [3.05, 3.63) is 30.6 Å². The summed E-state index contributed by atoms with van der Waals surface area (Å²) >= 11 is 0. The molecule has 0 aromatic rings. The Hall–Kier alpha value is -2.73. The highest BCUT2D eigenvalue weighted by atomic mass is 16.7. The summed E-state index contributed by atoms with van der Waals surface area (Å²) in [5.41, 5.74) is -0.517. The number of hydrogen-bond acceptors (Lipinski definition) is 11. The number of hydrogen-bond donors (Lipinski definition) is 1. The van der Waals surface area contributed by atoms with E-state index < -0.39 is 40.8 Å². The molecule has 35 heavy (non-hydrogen) atoms. The Morgan fingerprint density at radius 1 is 0.943 bits per heavy atom. The number of ketones is 1. The lowest BCUT2D eigenvalue weighted by Gasteiger charge is -2.30.